The molecule has 1 N–H and O–H groups in total. The molecule has 0 saturated heterocycles. The third-order valence-electron chi connectivity index (χ3n) is 5.21. The highest BCUT2D eigenvalue weighted by molar-refractivity contribution is 6.45. The Morgan fingerprint density at radius 3 is 2.06 bits per heavy atom. The van der Waals surface area contributed by atoms with Gasteiger partial charge in [0.1, 0.15) is 11.5 Å². The molecule has 0 aliphatic rings. The molecule has 0 aliphatic carbocycles. The Hall–Kier alpha value is -2.80. The van der Waals surface area contributed by atoms with E-state index >= 15 is 0 Å². The van der Waals surface area contributed by atoms with E-state index in [1.807, 2.05) is 0 Å². The van der Waals surface area contributed by atoms with Crippen molar-refractivity contribution >= 4 is 24.9 Å². The Bertz CT molecular complexity index is 861. The lowest BCUT2D eigenvalue weighted by molar-refractivity contribution is -0.151. The van der Waals surface area contributed by atoms with Crippen molar-refractivity contribution in [3.63, 3.8) is 0 Å². The molecule has 0 heterocycles. The molecule has 1 atom stereocenters. The number of carbonyl (C=O) groups is 2. The molecule has 6 nitrogen and oxygen atoms in total. The Balaban J connectivity index is 1.68. The van der Waals surface area contributed by atoms with E-state index in [-0.39, 0.29) is 17.8 Å². The second-order valence-corrected chi connectivity index (χ2v) is 8.82. The third kappa shape index (κ3) is 9.30. The van der Waals surface area contributed by atoms with E-state index in [1.165, 1.54) is 0 Å². The van der Waals surface area contributed by atoms with Gasteiger partial charge in [-0.3, -0.25) is 4.79 Å². The van der Waals surface area contributed by atoms with Gasteiger partial charge >= 0.3 is 19.4 Å². The first kappa shape index (κ1) is 26.5. The van der Waals surface area contributed by atoms with Gasteiger partial charge in [-0.25, -0.2) is 4.79 Å². The molecule has 2 rings (SSSR count). The van der Waals surface area contributed by atoms with Crippen molar-refractivity contribution in [3.05, 3.63) is 54.1 Å². The first-order valence-corrected chi connectivity index (χ1v) is 11.5. The number of esters is 2. The largest absolute Gasteiger partial charge is 0.494 e. The molecule has 0 fully saturated rings. The number of ether oxygens (including phenoxy) is 3. The van der Waals surface area contributed by atoms with Crippen LogP contribution in [0.2, 0.25) is 0 Å². The van der Waals surface area contributed by atoms with Crippen LogP contribution >= 0.6 is 0 Å². The summed E-state index contributed by atoms with van der Waals surface area (Å²) in [7, 11) is 0.979. The molecular weight excluding hydrogens is 419 g/mol. The number of hydrogen-bond acceptors (Lipinski definition) is 6. The average Bonchev–Trinajstić information content (AvgIpc) is 2.80. The van der Waals surface area contributed by atoms with Gasteiger partial charge in [0.05, 0.1) is 24.7 Å². The highest BCUT2D eigenvalue weighted by Gasteiger charge is 2.24. The van der Waals surface area contributed by atoms with Crippen molar-refractivity contribution in [1.82, 2.24) is 0 Å². The fourth-order valence-corrected chi connectivity index (χ4v) is 3.30. The van der Waals surface area contributed by atoms with E-state index in [1.54, 1.807) is 48.5 Å². The lowest BCUT2D eigenvalue weighted by Gasteiger charge is -2.21. The van der Waals surface area contributed by atoms with Crippen LogP contribution in [0.4, 0.5) is 0 Å². The summed E-state index contributed by atoms with van der Waals surface area (Å²) < 4.78 is 16.5. The zero-order valence-electron chi connectivity index (χ0n) is 20.0. The van der Waals surface area contributed by atoms with Crippen LogP contribution in [0, 0.1) is 17.8 Å². The summed E-state index contributed by atoms with van der Waals surface area (Å²) in [5.41, 5.74) is 1.04. The quantitative estimate of drug-likeness (QED) is 0.212. The zero-order valence-corrected chi connectivity index (χ0v) is 20.0. The molecule has 0 saturated carbocycles. The van der Waals surface area contributed by atoms with Crippen molar-refractivity contribution in [2.24, 2.45) is 17.8 Å². The molecule has 177 valence electrons. The zero-order chi connectivity index (χ0) is 24.2. The second kappa shape index (κ2) is 13.7. The summed E-state index contributed by atoms with van der Waals surface area (Å²) in [5.74, 6) is 1.16. The first-order chi connectivity index (χ1) is 15.8. The number of rotatable bonds is 13. The fraction of sp³-hybridized carbons (Fsp3) is 0.462. The lowest BCUT2D eigenvalue weighted by atomic mass is 9.88. The standard InChI is InChI=1S/C26H34BO6/c1-18(2)17-24(19(3)4)26(29)32-16-6-5-15-31-22-11-7-20(8-12-22)25(28)33-23-13-9-21(27-30)10-14-23/h7-14,18-19,24,30H,5-6,15-17H2,1-4H3. The van der Waals surface area contributed by atoms with E-state index < -0.39 is 5.97 Å². The summed E-state index contributed by atoms with van der Waals surface area (Å²) in [6.07, 6.45) is 2.34. The molecule has 0 spiro atoms. The van der Waals surface area contributed by atoms with Gasteiger partial charge in [0.15, 0.2) is 0 Å². The highest BCUT2D eigenvalue weighted by Crippen LogP contribution is 2.22. The number of hydrogen-bond donors (Lipinski definition) is 1. The predicted octanol–water partition coefficient (Wildman–Crippen LogP) is 4.16. The second-order valence-electron chi connectivity index (χ2n) is 8.82. The van der Waals surface area contributed by atoms with Crippen molar-refractivity contribution in [2.45, 2.75) is 47.0 Å². The normalized spacial score (nSPS) is 11.8. The topological polar surface area (TPSA) is 82.1 Å². The fourth-order valence-electron chi connectivity index (χ4n) is 3.30. The SMILES string of the molecule is CC(C)CC(C(=O)OCCCCOc1ccc(C(=O)Oc2ccc([B]O)cc2)cc1)C(C)C. The minimum absolute atomic E-state index is 0.0511. The van der Waals surface area contributed by atoms with E-state index in [9.17, 15) is 9.59 Å². The van der Waals surface area contributed by atoms with Crippen molar-refractivity contribution in [1.29, 1.82) is 0 Å². The van der Waals surface area contributed by atoms with Crippen molar-refractivity contribution in [2.75, 3.05) is 13.2 Å². The molecule has 0 aliphatic heterocycles. The van der Waals surface area contributed by atoms with E-state index in [2.05, 4.69) is 27.7 Å². The molecule has 1 unspecified atom stereocenters. The number of unbranched alkanes of at least 4 members (excludes halogenated alkanes) is 1. The third-order valence-corrected chi connectivity index (χ3v) is 5.21. The van der Waals surface area contributed by atoms with Gasteiger partial charge in [0, 0.05) is 0 Å². The highest BCUT2D eigenvalue weighted by atomic mass is 16.5. The Labute approximate surface area is 197 Å². The summed E-state index contributed by atoms with van der Waals surface area (Å²) in [6.45, 7) is 9.24. The Morgan fingerprint density at radius 2 is 1.48 bits per heavy atom. The smallest absolute Gasteiger partial charge is 0.343 e. The molecule has 0 amide bonds. The van der Waals surface area contributed by atoms with Gasteiger partial charge in [-0.1, -0.05) is 45.3 Å². The van der Waals surface area contributed by atoms with Gasteiger partial charge in [-0.2, -0.15) is 0 Å². The van der Waals surface area contributed by atoms with Crippen LogP contribution in [0.15, 0.2) is 48.5 Å². The predicted molar refractivity (Wildman–Crippen MR) is 129 cm³/mol. The van der Waals surface area contributed by atoms with Crippen LogP contribution in [-0.4, -0.2) is 37.7 Å². The monoisotopic (exact) mass is 453 g/mol. The molecule has 7 heteroatoms. The Morgan fingerprint density at radius 1 is 0.879 bits per heavy atom. The summed E-state index contributed by atoms with van der Waals surface area (Å²) >= 11 is 0. The van der Waals surface area contributed by atoms with Crippen LogP contribution < -0.4 is 14.9 Å². The molecule has 1 radical (unpaired) electrons. The van der Waals surface area contributed by atoms with Crippen molar-refractivity contribution in [3.8, 4) is 11.5 Å². The molecule has 33 heavy (non-hydrogen) atoms. The van der Waals surface area contributed by atoms with Crippen LogP contribution in [0.5, 0.6) is 11.5 Å². The average molecular weight is 453 g/mol. The Kier molecular flexibility index (Phi) is 11.0. The van der Waals surface area contributed by atoms with Gasteiger partial charge in [0.25, 0.3) is 0 Å². The number of benzene rings is 2. The van der Waals surface area contributed by atoms with E-state index in [0.717, 1.165) is 26.7 Å². The van der Waals surface area contributed by atoms with Crippen molar-refractivity contribution < 1.29 is 28.8 Å². The molecule has 0 aromatic heterocycles. The molecular formula is C26H34BO6. The van der Waals surface area contributed by atoms with Gasteiger partial charge in [-0.05, 0) is 67.5 Å². The summed E-state index contributed by atoms with van der Waals surface area (Å²) in [5, 5.41) is 8.94. The summed E-state index contributed by atoms with van der Waals surface area (Å²) in [4.78, 5) is 24.6. The maximum Gasteiger partial charge on any atom is 0.343 e. The molecule has 0 bridgehead atoms. The van der Waals surface area contributed by atoms with Crippen LogP contribution in [0.1, 0.15) is 57.3 Å². The van der Waals surface area contributed by atoms with Crippen LogP contribution in [-0.2, 0) is 9.53 Å². The van der Waals surface area contributed by atoms with Gasteiger partial charge in [0.2, 0.25) is 0 Å². The lowest BCUT2D eigenvalue weighted by Crippen LogP contribution is -2.24. The van der Waals surface area contributed by atoms with Gasteiger partial charge < -0.3 is 19.2 Å². The van der Waals surface area contributed by atoms with Crippen LogP contribution in [0.3, 0.4) is 0 Å². The molecule has 2 aromatic rings. The molecule has 2 aromatic carbocycles. The van der Waals surface area contributed by atoms with E-state index in [0.29, 0.717) is 41.7 Å². The maximum atomic E-state index is 12.3. The van der Waals surface area contributed by atoms with Gasteiger partial charge in [-0.15, -0.1) is 0 Å². The minimum atomic E-state index is -0.471. The summed E-state index contributed by atoms with van der Waals surface area (Å²) in [6, 6.07) is 13.3. The minimum Gasteiger partial charge on any atom is -0.494 e. The number of carbonyl (C=O) groups excluding carboxylic acids is 2. The van der Waals surface area contributed by atoms with E-state index in [4.69, 9.17) is 19.2 Å². The maximum absolute atomic E-state index is 12.3. The van der Waals surface area contributed by atoms with Crippen LogP contribution in [0.25, 0.3) is 0 Å². The first-order valence-electron chi connectivity index (χ1n) is 11.5.